The van der Waals surface area contributed by atoms with Gasteiger partial charge in [-0.3, -0.25) is 47.9 Å². The van der Waals surface area contributed by atoms with Gasteiger partial charge in [0.25, 0.3) is 17.7 Å². The summed E-state index contributed by atoms with van der Waals surface area (Å²) in [4.78, 5) is 112. The predicted octanol–water partition coefficient (Wildman–Crippen LogP) is 16.2. The molecule has 9 aromatic rings. The highest BCUT2D eigenvalue weighted by Crippen LogP contribution is 2.34. The van der Waals surface area contributed by atoms with Gasteiger partial charge < -0.3 is 143 Å². The van der Waals surface area contributed by atoms with E-state index in [1.807, 2.05) is 0 Å². The van der Waals surface area contributed by atoms with Crippen LogP contribution in [-0.4, -0.2) is 238 Å². The molecule has 0 saturated carbocycles. The van der Waals surface area contributed by atoms with Crippen molar-refractivity contribution in [3.05, 3.63) is 194 Å². The Morgan fingerprint density at radius 2 is 0.601 bits per heavy atom. The van der Waals surface area contributed by atoms with Gasteiger partial charge in [-0.15, -0.1) is 0 Å². The summed E-state index contributed by atoms with van der Waals surface area (Å²) < 4.78 is 92.4. The lowest BCUT2D eigenvalue weighted by molar-refractivity contribution is -0.145. The maximum atomic E-state index is 12.0. The fourth-order valence-electron chi connectivity index (χ4n) is 10.6. The van der Waals surface area contributed by atoms with E-state index in [1.165, 1.54) is 70.9 Å². The molecule has 2 atom stereocenters. The van der Waals surface area contributed by atoms with Crippen molar-refractivity contribution in [2.75, 3.05) is 164 Å². The van der Waals surface area contributed by atoms with Crippen molar-refractivity contribution in [2.24, 2.45) is 0 Å². The van der Waals surface area contributed by atoms with E-state index in [1.54, 1.807) is 172 Å². The Bertz CT molecular complexity index is 5260. The number of amides is 4. The smallest absolute Gasteiger partial charge is 0.306 e. The minimum absolute atomic E-state index is 0.0162. The van der Waals surface area contributed by atoms with Crippen molar-refractivity contribution >= 4 is 150 Å². The zero-order chi connectivity index (χ0) is 105. The lowest BCUT2D eigenvalue weighted by Gasteiger charge is -2.10. The highest BCUT2D eigenvalue weighted by Gasteiger charge is 2.24. The summed E-state index contributed by atoms with van der Waals surface area (Å²) in [6.07, 6.45) is 4.82. The second-order valence-electron chi connectivity index (χ2n) is 29.0. The first kappa shape index (κ1) is 121. The van der Waals surface area contributed by atoms with Crippen LogP contribution in [0.15, 0.2) is 194 Å². The van der Waals surface area contributed by atoms with Gasteiger partial charge >= 0.3 is 29.8 Å². The molecule has 2 unspecified atom stereocenters. The molecule has 9 aromatic carbocycles. The molecule has 143 heavy (non-hydrogen) atoms. The van der Waals surface area contributed by atoms with Crippen LogP contribution < -0.4 is 83.8 Å². The number of alkyl halides is 3. The number of nitrogen functional groups attached to an aromatic ring is 1. The van der Waals surface area contributed by atoms with E-state index in [-0.39, 0.29) is 125 Å². The number of phenolic OH excluding ortho intramolecular Hbond substituents is 5. The summed E-state index contributed by atoms with van der Waals surface area (Å²) in [5.74, 6) is 2.55. The van der Waals surface area contributed by atoms with Gasteiger partial charge in [0, 0.05) is 90.1 Å². The third kappa shape index (κ3) is 57.6. The van der Waals surface area contributed by atoms with Gasteiger partial charge in [-0.2, -0.15) is 0 Å². The number of epoxide rings is 2. The largest absolute Gasteiger partial charge is 0.508 e. The van der Waals surface area contributed by atoms with Gasteiger partial charge in [0.1, 0.15) is 64.5 Å². The van der Waals surface area contributed by atoms with E-state index >= 15 is 0 Å². The third-order valence-corrected chi connectivity index (χ3v) is 20.5. The van der Waals surface area contributed by atoms with Crippen molar-refractivity contribution in [3.8, 4) is 97.7 Å². The number of carboxylic acid groups (broad SMARTS) is 1. The summed E-state index contributed by atoms with van der Waals surface area (Å²) in [5.41, 5.74) is 8.71. The van der Waals surface area contributed by atoms with Crippen molar-refractivity contribution in [2.45, 2.75) is 97.2 Å². The summed E-state index contributed by atoms with van der Waals surface area (Å²) in [7, 11) is 5.78. The zero-order valence-electron chi connectivity index (χ0n) is 79.9. The molecule has 778 valence electrons. The molecule has 11 rings (SSSR count). The number of phenols is 5. The van der Waals surface area contributed by atoms with E-state index in [0.29, 0.717) is 221 Å². The fourth-order valence-corrected chi connectivity index (χ4v) is 11.1. The standard InChI is InChI=1S/C22H25NO8.C21H25NO7.C19H21NO7.C14H18BrNO4.C12H17NO3.C7H8O3.C3H5BrO.C2H2Br2O/c1-27-20-9-8-17(11-19(20)24)30-14-21(25)23-15-4-6-16(7-5-15)28-10-2-3-22(26)31-13-18-12-29-18;1-3-27-21(25)5-4-12-28-16-8-6-15(7-9-16)22-20(24)14-29-17-10-11-19(26-2)18(23)13-17;1-25-17-9-8-15(11-16(17)21)27-12-18(22)20-13-4-6-14(7-5-13)26-10-2-3-19(23)24;1-2-19-14(18)4-3-9-20-12-7-5-11(6-8-12)16-13(17)10-15;1-2-15-12(14)4-3-9-16-11-7-5-10(13)6-8-11;1-10-7-3-2-5(8)4-6(7)9;4-1-3-2-5-3;3-1-2(4)5/h4-9,11,18,24H,2-3,10,12-14H2,1H3,(H,23,25);6-11,13,23H,3-5,12,14H2,1-2H3,(H,22,24);4-9,11,21H,2-3,10,12H2,1H3,(H,20,22)(H,23,24);5-8H,2-4,9-10H2,1H3,(H,16,17);5-8H,2-4,9,13H2,1H3;2-4,8-9H,1H3;3H,1-2H2;1H2. The van der Waals surface area contributed by atoms with E-state index in [0.717, 1.165) is 17.7 Å². The van der Waals surface area contributed by atoms with Crippen LogP contribution in [0.2, 0.25) is 0 Å². The number of anilines is 5. The van der Waals surface area contributed by atoms with Gasteiger partial charge in [-0.05, 0) is 239 Å². The maximum absolute atomic E-state index is 12.0. The molecule has 2 aliphatic heterocycles. The quantitative estimate of drug-likeness (QED) is 0.00321. The van der Waals surface area contributed by atoms with Gasteiger partial charge in [-0.25, -0.2) is 0 Å². The Kier molecular flexibility index (Phi) is 61.5. The summed E-state index contributed by atoms with van der Waals surface area (Å²) in [5, 5.41) is 68.0. The zero-order valence-corrected chi connectivity index (χ0v) is 86.3. The number of halogens is 4. The fraction of sp³-hybridized carbons (Fsp3) is 0.360. The molecule has 2 fully saturated rings. The third-order valence-electron chi connectivity index (χ3n) is 17.7. The number of nitrogens with two attached hydrogens (primary N) is 1. The summed E-state index contributed by atoms with van der Waals surface area (Å²) in [6, 6.07) is 52.3. The first-order valence-corrected chi connectivity index (χ1v) is 48.6. The first-order valence-electron chi connectivity index (χ1n) is 44.4. The minimum Gasteiger partial charge on any atom is -0.508 e. The van der Waals surface area contributed by atoms with Crippen LogP contribution in [0.3, 0.4) is 0 Å². The number of esters is 4. The number of benzene rings is 9. The van der Waals surface area contributed by atoms with Crippen molar-refractivity contribution in [1.29, 1.82) is 0 Å². The SMILES string of the molecule is BrCC1CO1.CCOC(=O)CCCOc1ccc(N)cc1.CCOC(=O)CCCOc1ccc(NC(=O)CBr)cc1.CCOC(=O)CCCOc1ccc(NC(=O)COc2ccc(OC)c(O)c2)cc1.COc1ccc(O)cc1O.COc1ccc(OCC(=O)Nc2ccc(OCCCC(=O)O)cc2)cc1O.COc1ccc(OCC(=O)Nc2ccc(OCCCC(=O)OCC3CO3)cc2)cc1O.O=C(Br)CBr. The highest BCUT2D eigenvalue weighted by molar-refractivity contribution is 9.19. The number of hydrogen-bond acceptors (Lipinski definition) is 34. The number of methoxy groups -OCH3 is 4. The van der Waals surface area contributed by atoms with E-state index in [4.69, 9.17) is 106 Å². The van der Waals surface area contributed by atoms with Crippen LogP contribution in [0.1, 0.15) is 85.0 Å². The van der Waals surface area contributed by atoms with E-state index < -0.39 is 5.97 Å². The Morgan fingerprint density at radius 1 is 0.343 bits per heavy atom. The van der Waals surface area contributed by atoms with Crippen LogP contribution in [0.5, 0.6) is 97.7 Å². The van der Waals surface area contributed by atoms with Gasteiger partial charge in [0.2, 0.25) is 10.6 Å². The Morgan fingerprint density at radius 3 is 0.839 bits per heavy atom. The number of nitrogens with one attached hydrogen (secondary N) is 4. The molecule has 4 amide bonds. The van der Waals surface area contributed by atoms with Crippen LogP contribution in [0, 0.1) is 0 Å². The number of carboxylic acids is 1. The maximum Gasteiger partial charge on any atom is 0.306 e. The number of carbonyl (C=O) groups excluding carboxylic acids is 9. The molecular weight excluding hydrogens is 2130 g/mol. The monoisotopic (exact) mass is 2250 g/mol. The number of carbonyl (C=O) groups is 10. The number of rotatable bonds is 50. The molecule has 0 radical (unpaired) electrons. The van der Waals surface area contributed by atoms with Crippen molar-refractivity contribution in [3.63, 3.8) is 0 Å². The molecule has 2 heterocycles. The second-order valence-corrected chi connectivity index (χ2v) is 31.7. The lowest BCUT2D eigenvalue weighted by atomic mass is 10.3. The summed E-state index contributed by atoms with van der Waals surface area (Å²) >= 11 is 11.9. The Hall–Kier alpha value is -13.9. The molecule has 0 aromatic heterocycles. The normalized spacial score (nSPS) is 11.7. The first-order chi connectivity index (χ1) is 68.8. The molecule has 0 bridgehead atoms. The molecule has 39 nitrogen and oxygen atoms in total. The number of ether oxygens (including phenoxy) is 18. The van der Waals surface area contributed by atoms with Gasteiger partial charge in [0.15, 0.2) is 65.8 Å². The van der Waals surface area contributed by atoms with Crippen molar-refractivity contribution in [1.82, 2.24) is 0 Å². The molecule has 2 saturated heterocycles. The van der Waals surface area contributed by atoms with Crippen LogP contribution in [0.25, 0.3) is 0 Å². The van der Waals surface area contributed by atoms with Crippen LogP contribution >= 0.6 is 63.7 Å². The Labute approximate surface area is 861 Å². The molecule has 12 N–H and O–H groups in total. The molecule has 0 spiro atoms. The predicted molar refractivity (Wildman–Crippen MR) is 545 cm³/mol. The molecule has 2 aliphatic rings. The number of hydrogen-bond donors (Lipinski definition) is 11. The number of aromatic hydroxyl groups is 5. The van der Waals surface area contributed by atoms with Crippen LogP contribution in [0.4, 0.5) is 28.4 Å². The van der Waals surface area contributed by atoms with E-state index in [9.17, 15) is 63.3 Å². The lowest BCUT2D eigenvalue weighted by Crippen LogP contribution is -2.20. The Balaban J connectivity index is 0.000000359. The average Bonchev–Trinajstić information content (AvgIpc) is 1.77. The highest BCUT2D eigenvalue weighted by atomic mass is 79.9. The molecule has 0 aliphatic carbocycles. The number of aliphatic carboxylic acids is 1. The van der Waals surface area contributed by atoms with Gasteiger partial charge in [0.05, 0.1) is 111 Å². The second kappa shape index (κ2) is 72.4. The van der Waals surface area contributed by atoms with Crippen molar-refractivity contribution < 1.29 is 164 Å². The molecular formula is C100H121Br4N5O34. The summed E-state index contributed by atoms with van der Waals surface area (Å²) in [6.45, 7) is 9.88. The molecule has 43 heteroatoms. The average molecular weight is 2260 g/mol. The topological polar surface area (TPSA) is 539 Å². The minimum atomic E-state index is -0.858. The van der Waals surface area contributed by atoms with Gasteiger partial charge in [-0.1, -0.05) is 47.8 Å². The van der Waals surface area contributed by atoms with E-state index in [2.05, 4.69) is 85.0 Å². The van der Waals surface area contributed by atoms with Crippen LogP contribution in [-0.2, 0) is 76.4 Å².